The Kier molecular flexibility index (Phi) is 5.48. The zero-order chi connectivity index (χ0) is 18.7. The van der Waals surface area contributed by atoms with Crippen LogP contribution in [0.1, 0.15) is 33.3 Å². The molecule has 0 unspecified atom stereocenters. The second-order valence-corrected chi connectivity index (χ2v) is 6.32. The van der Waals surface area contributed by atoms with E-state index in [9.17, 15) is 9.59 Å². The van der Waals surface area contributed by atoms with E-state index in [0.29, 0.717) is 43.4 Å². The molecule has 1 aliphatic heterocycles. The summed E-state index contributed by atoms with van der Waals surface area (Å²) in [5.41, 5.74) is 1.21. The number of carbonyl (C=O) groups excluding carboxylic acids is 1. The number of hydrogen-bond acceptors (Lipinski definition) is 7. The molecule has 0 saturated carbocycles. The van der Waals surface area contributed by atoms with Crippen molar-refractivity contribution in [3.05, 3.63) is 45.0 Å². The first kappa shape index (κ1) is 18.3. The third-order valence-electron chi connectivity index (χ3n) is 4.19. The van der Waals surface area contributed by atoms with Crippen LogP contribution in [0.5, 0.6) is 0 Å². The Hall–Kier alpha value is -2.52. The number of ether oxygens (including phenoxy) is 2. The molecule has 1 fully saturated rings. The number of aryl methyl sites for hydroxylation is 2. The van der Waals surface area contributed by atoms with Crippen molar-refractivity contribution >= 4 is 5.91 Å². The molecular formula is C17H22N4O5. The number of H-pyrrole nitrogens is 1. The minimum atomic E-state index is -0.364. The molecule has 1 atom stereocenters. The Bertz CT molecular complexity index is 844. The maximum Gasteiger partial charge on any atom is 0.261 e. The predicted octanol–water partition coefficient (Wildman–Crippen LogP) is 0.605. The number of aromatic amines is 1. The Morgan fingerprint density at radius 1 is 1.46 bits per heavy atom. The van der Waals surface area contributed by atoms with Crippen LogP contribution < -0.4 is 5.56 Å². The van der Waals surface area contributed by atoms with Gasteiger partial charge in [-0.05, 0) is 25.5 Å². The molecule has 2 aromatic heterocycles. The fourth-order valence-corrected chi connectivity index (χ4v) is 3.06. The molecule has 0 radical (unpaired) electrons. The fourth-order valence-electron chi connectivity index (χ4n) is 3.06. The summed E-state index contributed by atoms with van der Waals surface area (Å²) < 4.78 is 15.8. The lowest BCUT2D eigenvalue weighted by atomic mass is 10.1. The number of nitrogens with one attached hydrogen (secondary N) is 1. The summed E-state index contributed by atoms with van der Waals surface area (Å²) in [6.07, 6.45) is 0.123. The van der Waals surface area contributed by atoms with Gasteiger partial charge in [-0.15, -0.1) is 0 Å². The second-order valence-electron chi connectivity index (χ2n) is 6.32. The first-order valence-electron chi connectivity index (χ1n) is 8.39. The van der Waals surface area contributed by atoms with Crippen LogP contribution in [0.3, 0.4) is 0 Å². The normalized spacial score (nSPS) is 17.5. The fraction of sp³-hybridized carbons (Fsp3) is 0.529. The number of pyridine rings is 1. The van der Waals surface area contributed by atoms with Gasteiger partial charge in [0.15, 0.2) is 5.82 Å². The smallest absolute Gasteiger partial charge is 0.261 e. The van der Waals surface area contributed by atoms with E-state index < -0.39 is 0 Å². The molecule has 0 aromatic carbocycles. The van der Waals surface area contributed by atoms with Crippen molar-refractivity contribution in [2.75, 3.05) is 26.8 Å². The van der Waals surface area contributed by atoms with Crippen molar-refractivity contribution in [1.29, 1.82) is 0 Å². The molecule has 140 valence electrons. The topological polar surface area (TPSA) is 111 Å². The van der Waals surface area contributed by atoms with Crippen LogP contribution in [0, 0.1) is 13.8 Å². The van der Waals surface area contributed by atoms with Crippen LogP contribution in [-0.4, -0.2) is 58.8 Å². The van der Waals surface area contributed by atoms with Gasteiger partial charge >= 0.3 is 0 Å². The van der Waals surface area contributed by atoms with E-state index in [0.717, 1.165) is 5.69 Å². The van der Waals surface area contributed by atoms with Crippen LogP contribution in [0.25, 0.3) is 0 Å². The summed E-state index contributed by atoms with van der Waals surface area (Å²) >= 11 is 0. The van der Waals surface area contributed by atoms with E-state index in [1.54, 1.807) is 31.9 Å². The summed E-state index contributed by atoms with van der Waals surface area (Å²) in [6, 6.07) is 1.79. The molecule has 2 aromatic rings. The van der Waals surface area contributed by atoms with E-state index >= 15 is 0 Å². The number of morpholine rings is 1. The predicted molar refractivity (Wildman–Crippen MR) is 90.9 cm³/mol. The monoisotopic (exact) mass is 362 g/mol. The quantitative estimate of drug-likeness (QED) is 0.829. The highest BCUT2D eigenvalue weighted by atomic mass is 16.5. The highest BCUT2D eigenvalue weighted by molar-refractivity contribution is 5.95. The van der Waals surface area contributed by atoms with Gasteiger partial charge in [0.1, 0.15) is 12.2 Å². The van der Waals surface area contributed by atoms with Gasteiger partial charge in [-0.3, -0.25) is 9.59 Å². The van der Waals surface area contributed by atoms with Crippen LogP contribution in [0.4, 0.5) is 0 Å². The van der Waals surface area contributed by atoms with E-state index in [1.807, 2.05) is 0 Å². The largest absolute Gasteiger partial charge is 0.377 e. The van der Waals surface area contributed by atoms with Gasteiger partial charge in [0, 0.05) is 25.9 Å². The standard InChI is InChI=1S/C17H22N4O5/c1-10-6-11(2)18-16(22)15(10)17(23)21-4-5-25-12(8-21)7-14-19-13(9-24-3)20-26-14/h6,12H,4-5,7-9H2,1-3H3,(H,18,22)/t12-/m1/s1. The van der Waals surface area contributed by atoms with Gasteiger partial charge in [0.2, 0.25) is 5.89 Å². The molecule has 1 aliphatic rings. The van der Waals surface area contributed by atoms with Crippen molar-refractivity contribution in [2.24, 2.45) is 0 Å². The molecule has 0 aliphatic carbocycles. The van der Waals surface area contributed by atoms with Crippen molar-refractivity contribution in [1.82, 2.24) is 20.0 Å². The maximum atomic E-state index is 12.8. The number of aromatic nitrogens is 3. The molecule has 9 nitrogen and oxygen atoms in total. The van der Waals surface area contributed by atoms with Crippen molar-refractivity contribution < 1.29 is 18.8 Å². The number of amides is 1. The zero-order valence-corrected chi connectivity index (χ0v) is 15.1. The lowest BCUT2D eigenvalue weighted by Crippen LogP contribution is -2.47. The average molecular weight is 362 g/mol. The molecule has 1 amide bonds. The molecular weight excluding hydrogens is 340 g/mol. The first-order valence-corrected chi connectivity index (χ1v) is 8.39. The summed E-state index contributed by atoms with van der Waals surface area (Å²) in [6.45, 7) is 5.00. The van der Waals surface area contributed by atoms with Gasteiger partial charge in [0.05, 0.1) is 19.1 Å². The molecule has 0 spiro atoms. The van der Waals surface area contributed by atoms with Crippen LogP contribution in [0.15, 0.2) is 15.4 Å². The number of carbonyl (C=O) groups is 1. The Morgan fingerprint density at radius 3 is 3.00 bits per heavy atom. The van der Waals surface area contributed by atoms with Gasteiger partial charge < -0.3 is 23.9 Å². The van der Waals surface area contributed by atoms with Crippen molar-refractivity contribution in [3.8, 4) is 0 Å². The Labute approximate surface area is 150 Å². The summed E-state index contributed by atoms with van der Waals surface area (Å²) in [7, 11) is 1.55. The average Bonchev–Trinajstić information content (AvgIpc) is 3.01. The Balaban J connectivity index is 1.70. The summed E-state index contributed by atoms with van der Waals surface area (Å²) in [5.74, 6) is 0.608. The van der Waals surface area contributed by atoms with E-state index in [-0.39, 0.29) is 29.7 Å². The van der Waals surface area contributed by atoms with Crippen molar-refractivity contribution in [2.45, 2.75) is 33.0 Å². The Morgan fingerprint density at radius 2 is 2.27 bits per heavy atom. The van der Waals surface area contributed by atoms with E-state index in [4.69, 9.17) is 14.0 Å². The highest BCUT2D eigenvalue weighted by Crippen LogP contribution is 2.14. The van der Waals surface area contributed by atoms with E-state index in [1.165, 1.54) is 0 Å². The second kappa shape index (κ2) is 7.79. The number of nitrogens with zero attached hydrogens (tertiary/aromatic N) is 3. The van der Waals surface area contributed by atoms with Crippen molar-refractivity contribution in [3.63, 3.8) is 0 Å². The summed E-state index contributed by atoms with van der Waals surface area (Å²) in [4.78, 5) is 33.6. The molecule has 3 rings (SSSR count). The minimum absolute atomic E-state index is 0.177. The summed E-state index contributed by atoms with van der Waals surface area (Å²) in [5, 5.41) is 3.81. The van der Waals surface area contributed by atoms with Crippen LogP contribution in [0.2, 0.25) is 0 Å². The first-order chi connectivity index (χ1) is 12.5. The number of hydrogen-bond donors (Lipinski definition) is 1. The molecule has 26 heavy (non-hydrogen) atoms. The third kappa shape index (κ3) is 4.00. The number of methoxy groups -OCH3 is 1. The lowest BCUT2D eigenvalue weighted by Gasteiger charge is -2.32. The SMILES string of the molecule is COCc1noc(C[C@@H]2CN(C(=O)c3c(C)cc(C)[nH]c3=O)CCO2)n1. The molecule has 9 heteroatoms. The van der Waals surface area contributed by atoms with Gasteiger partial charge in [-0.25, -0.2) is 0 Å². The van der Waals surface area contributed by atoms with Crippen LogP contribution >= 0.6 is 0 Å². The molecule has 0 bridgehead atoms. The lowest BCUT2D eigenvalue weighted by molar-refractivity contribution is -0.0238. The van der Waals surface area contributed by atoms with Gasteiger partial charge in [-0.1, -0.05) is 5.16 Å². The van der Waals surface area contributed by atoms with E-state index in [2.05, 4.69) is 15.1 Å². The van der Waals surface area contributed by atoms with Gasteiger partial charge in [0.25, 0.3) is 11.5 Å². The third-order valence-corrected chi connectivity index (χ3v) is 4.19. The molecule has 1 saturated heterocycles. The minimum Gasteiger partial charge on any atom is -0.377 e. The molecule has 3 heterocycles. The number of rotatable bonds is 5. The van der Waals surface area contributed by atoms with Crippen LogP contribution in [-0.2, 0) is 22.5 Å². The zero-order valence-electron chi connectivity index (χ0n) is 15.1. The molecule has 1 N–H and O–H groups in total. The maximum absolute atomic E-state index is 12.8. The highest BCUT2D eigenvalue weighted by Gasteiger charge is 2.28. The van der Waals surface area contributed by atoms with Gasteiger partial charge in [-0.2, -0.15) is 4.98 Å².